The van der Waals surface area contributed by atoms with Crippen molar-refractivity contribution in [2.24, 2.45) is 5.92 Å². The standard InChI is InChI=1S/C20H24BrNO/c1-23-19-8-6-16(7-9-19)14-17-10-12-22(13-11-17)15-18-4-2-3-5-20(18)21/h2-9,17H,10-15H2,1H3. The van der Waals surface area contributed by atoms with Crippen molar-refractivity contribution in [1.82, 2.24) is 4.90 Å². The zero-order valence-corrected chi connectivity index (χ0v) is 15.3. The van der Waals surface area contributed by atoms with Crippen LogP contribution in [0.4, 0.5) is 0 Å². The van der Waals surface area contributed by atoms with E-state index in [1.165, 1.54) is 48.0 Å². The van der Waals surface area contributed by atoms with Gasteiger partial charge in [0.15, 0.2) is 0 Å². The van der Waals surface area contributed by atoms with E-state index in [2.05, 4.69) is 69.4 Å². The number of rotatable bonds is 5. The molecule has 0 aromatic heterocycles. The summed E-state index contributed by atoms with van der Waals surface area (Å²) in [6, 6.07) is 17.1. The van der Waals surface area contributed by atoms with Crippen LogP contribution in [0.25, 0.3) is 0 Å². The molecule has 3 heteroatoms. The van der Waals surface area contributed by atoms with Crippen LogP contribution in [0, 0.1) is 5.92 Å². The van der Waals surface area contributed by atoms with E-state index in [9.17, 15) is 0 Å². The quantitative estimate of drug-likeness (QED) is 0.737. The summed E-state index contributed by atoms with van der Waals surface area (Å²) in [5.74, 6) is 1.75. The lowest BCUT2D eigenvalue weighted by molar-refractivity contribution is 0.177. The summed E-state index contributed by atoms with van der Waals surface area (Å²) in [6.45, 7) is 3.45. The summed E-state index contributed by atoms with van der Waals surface area (Å²) in [7, 11) is 1.72. The van der Waals surface area contributed by atoms with Crippen molar-refractivity contribution in [3.05, 3.63) is 64.1 Å². The zero-order chi connectivity index (χ0) is 16.1. The average molecular weight is 374 g/mol. The molecule has 0 atom stereocenters. The van der Waals surface area contributed by atoms with E-state index in [4.69, 9.17) is 4.74 Å². The van der Waals surface area contributed by atoms with Crippen LogP contribution < -0.4 is 4.74 Å². The molecule has 1 aliphatic rings. The van der Waals surface area contributed by atoms with Gasteiger partial charge in [-0.3, -0.25) is 4.90 Å². The molecule has 3 rings (SSSR count). The van der Waals surface area contributed by atoms with Crippen molar-refractivity contribution >= 4 is 15.9 Å². The van der Waals surface area contributed by atoms with Crippen molar-refractivity contribution in [2.45, 2.75) is 25.8 Å². The van der Waals surface area contributed by atoms with Gasteiger partial charge in [0.25, 0.3) is 0 Å². The number of methoxy groups -OCH3 is 1. The van der Waals surface area contributed by atoms with Gasteiger partial charge in [-0.2, -0.15) is 0 Å². The second kappa shape index (κ2) is 7.98. The summed E-state index contributed by atoms with van der Waals surface area (Å²) in [5, 5.41) is 0. The van der Waals surface area contributed by atoms with Crippen LogP contribution in [0.3, 0.4) is 0 Å². The molecule has 0 spiro atoms. The molecule has 23 heavy (non-hydrogen) atoms. The van der Waals surface area contributed by atoms with Gasteiger partial charge in [-0.25, -0.2) is 0 Å². The molecule has 1 saturated heterocycles. The molecule has 1 aliphatic heterocycles. The Morgan fingerprint density at radius 1 is 1.04 bits per heavy atom. The average Bonchev–Trinajstić information content (AvgIpc) is 2.59. The van der Waals surface area contributed by atoms with Gasteiger partial charge >= 0.3 is 0 Å². The fourth-order valence-electron chi connectivity index (χ4n) is 3.31. The Labute approximate surface area is 147 Å². The van der Waals surface area contributed by atoms with Crippen LogP contribution in [-0.2, 0) is 13.0 Å². The third-order valence-electron chi connectivity index (χ3n) is 4.74. The third kappa shape index (κ3) is 4.58. The monoisotopic (exact) mass is 373 g/mol. The van der Waals surface area contributed by atoms with Crippen molar-refractivity contribution < 1.29 is 4.74 Å². The minimum atomic E-state index is 0.804. The van der Waals surface area contributed by atoms with E-state index >= 15 is 0 Å². The van der Waals surface area contributed by atoms with Gasteiger partial charge < -0.3 is 4.74 Å². The molecular formula is C20H24BrNO. The minimum absolute atomic E-state index is 0.804. The van der Waals surface area contributed by atoms with Gasteiger partial charge in [0.05, 0.1) is 7.11 Å². The summed E-state index contributed by atoms with van der Waals surface area (Å²) >= 11 is 3.65. The first-order chi connectivity index (χ1) is 11.2. The highest BCUT2D eigenvalue weighted by Gasteiger charge is 2.20. The molecule has 0 unspecified atom stereocenters. The van der Waals surface area contributed by atoms with Crippen LogP contribution in [-0.4, -0.2) is 25.1 Å². The Balaban J connectivity index is 1.49. The Kier molecular flexibility index (Phi) is 5.74. The topological polar surface area (TPSA) is 12.5 Å². The zero-order valence-electron chi connectivity index (χ0n) is 13.7. The molecule has 1 heterocycles. The van der Waals surface area contributed by atoms with Gasteiger partial charge in [0, 0.05) is 11.0 Å². The Hall–Kier alpha value is -1.32. The summed E-state index contributed by atoms with van der Waals surface area (Å²) in [5.41, 5.74) is 2.82. The number of halogens is 1. The van der Waals surface area contributed by atoms with Crippen LogP contribution in [0.1, 0.15) is 24.0 Å². The fraction of sp³-hybridized carbons (Fsp3) is 0.400. The predicted molar refractivity (Wildman–Crippen MR) is 98.8 cm³/mol. The largest absolute Gasteiger partial charge is 0.497 e. The summed E-state index contributed by atoms with van der Waals surface area (Å²) in [4.78, 5) is 2.57. The number of likely N-dealkylation sites (tertiary alicyclic amines) is 1. The minimum Gasteiger partial charge on any atom is -0.497 e. The lowest BCUT2D eigenvalue weighted by Crippen LogP contribution is -2.33. The molecule has 1 fully saturated rings. The highest BCUT2D eigenvalue weighted by atomic mass is 79.9. The molecule has 0 amide bonds. The van der Waals surface area contributed by atoms with Crippen LogP contribution >= 0.6 is 15.9 Å². The molecule has 0 radical (unpaired) electrons. The molecule has 2 nitrogen and oxygen atoms in total. The van der Waals surface area contributed by atoms with Gasteiger partial charge in [-0.15, -0.1) is 0 Å². The molecule has 122 valence electrons. The van der Waals surface area contributed by atoms with Crippen molar-refractivity contribution in [1.29, 1.82) is 0 Å². The highest BCUT2D eigenvalue weighted by Crippen LogP contribution is 2.25. The maximum absolute atomic E-state index is 5.23. The van der Waals surface area contributed by atoms with Crippen LogP contribution in [0.15, 0.2) is 53.0 Å². The van der Waals surface area contributed by atoms with Crippen molar-refractivity contribution in [2.75, 3.05) is 20.2 Å². The number of hydrogen-bond donors (Lipinski definition) is 0. The predicted octanol–water partition coefficient (Wildman–Crippen LogP) is 4.91. The Morgan fingerprint density at radius 3 is 2.39 bits per heavy atom. The molecule has 0 bridgehead atoms. The number of piperidine rings is 1. The van der Waals surface area contributed by atoms with E-state index in [0.29, 0.717) is 0 Å². The van der Waals surface area contributed by atoms with Gasteiger partial charge in [-0.05, 0) is 67.6 Å². The number of nitrogens with zero attached hydrogens (tertiary/aromatic N) is 1. The van der Waals surface area contributed by atoms with E-state index in [1.54, 1.807) is 7.11 Å². The molecule has 2 aromatic carbocycles. The van der Waals surface area contributed by atoms with Crippen LogP contribution in [0.5, 0.6) is 5.75 Å². The smallest absolute Gasteiger partial charge is 0.118 e. The number of ether oxygens (including phenoxy) is 1. The normalized spacial score (nSPS) is 16.4. The second-order valence-corrected chi connectivity index (χ2v) is 7.22. The van der Waals surface area contributed by atoms with Crippen LogP contribution in [0.2, 0.25) is 0 Å². The molecule has 0 N–H and O–H groups in total. The first-order valence-electron chi connectivity index (χ1n) is 8.33. The van der Waals surface area contributed by atoms with Gasteiger partial charge in [0.1, 0.15) is 5.75 Å². The van der Waals surface area contributed by atoms with E-state index in [1.807, 2.05) is 0 Å². The van der Waals surface area contributed by atoms with E-state index < -0.39 is 0 Å². The highest BCUT2D eigenvalue weighted by molar-refractivity contribution is 9.10. The number of hydrogen-bond acceptors (Lipinski definition) is 2. The first kappa shape index (κ1) is 16.5. The Morgan fingerprint density at radius 2 is 1.74 bits per heavy atom. The maximum atomic E-state index is 5.23. The van der Waals surface area contributed by atoms with E-state index in [-0.39, 0.29) is 0 Å². The molecule has 0 saturated carbocycles. The third-order valence-corrected chi connectivity index (χ3v) is 5.52. The molecular weight excluding hydrogens is 350 g/mol. The fourth-order valence-corrected chi connectivity index (χ4v) is 3.72. The van der Waals surface area contributed by atoms with Gasteiger partial charge in [-0.1, -0.05) is 46.3 Å². The summed E-state index contributed by atoms with van der Waals surface area (Å²) < 4.78 is 6.45. The number of benzene rings is 2. The van der Waals surface area contributed by atoms with Crippen molar-refractivity contribution in [3.63, 3.8) is 0 Å². The molecule has 2 aromatic rings. The lowest BCUT2D eigenvalue weighted by atomic mass is 9.90. The first-order valence-corrected chi connectivity index (χ1v) is 9.12. The maximum Gasteiger partial charge on any atom is 0.118 e. The summed E-state index contributed by atoms with van der Waals surface area (Å²) in [6.07, 6.45) is 3.76. The van der Waals surface area contributed by atoms with E-state index in [0.717, 1.165) is 18.2 Å². The Bertz CT molecular complexity index is 618. The van der Waals surface area contributed by atoms with Gasteiger partial charge in [0.2, 0.25) is 0 Å². The van der Waals surface area contributed by atoms with Crippen molar-refractivity contribution in [3.8, 4) is 5.75 Å². The SMILES string of the molecule is COc1ccc(CC2CCN(Cc3ccccc3Br)CC2)cc1. The molecule has 0 aliphatic carbocycles. The lowest BCUT2D eigenvalue weighted by Gasteiger charge is -2.32. The second-order valence-electron chi connectivity index (χ2n) is 6.36.